The molecular formula is C10H10N2O2S. The van der Waals surface area contributed by atoms with E-state index in [0.717, 1.165) is 19.4 Å². The summed E-state index contributed by atoms with van der Waals surface area (Å²) < 4.78 is 0. The van der Waals surface area contributed by atoms with E-state index in [0.29, 0.717) is 5.69 Å². The van der Waals surface area contributed by atoms with Crippen molar-refractivity contribution in [3.05, 3.63) is 16.8 Å². The summed E-state index contributed by atoms with van der Waals surface area (Å²) in [5.41, 5.74) is 0.712. The fourth-order valence-corrected chi connectivity index (χ4v) is 2.87. The first-order chi connectivity index (χ1) is 7.29. The molecule has 4 nitrogen and oxygen atoms in total. The van der Waals surface area contributed by atoms with E-state index in [-0.39, 0.29) is 18.0 Å². The van der Waals surface area contributed by atoms with Crippen molar-refractivity contribution in [3.63, 3.8) is 0 Å². The van der Waals surface area contributed by atoms with Crippen molar-refractivity contribution in [1.29, 1.82) is 0 Å². The van der Waals surface area contributed by atoms with Gasteiger partial charge in [0.05, 0.1) is 5.69 Å². The van der Waals surface area contributed by atoms with E-state index in [1.54, 1.807) is 4.90 Å². The van der Waals surface area contributed by atoms with Gasteiger partial charge in [-0.25, -0.2) is 9.69 Å². The second-order valence-electron chi connectivity index (χ2n) is 3.79. The van der Waals surface area contributed by atoms with Crippen LogP contribution in [0.3, 0.4) is 0 Å². The lowest BCUT2D eigenvalue weighted by Crippen LogP contribution is -2.32. The number of fused-ring (bicyclic) bond motifs is 1. The molecule has 0 aliphatic carbocycles. The molecule has 0 spiro atoms. The van der Waals surface area contributed by atoms with E-state index < -0.39 is 0 Å². The van der Waals surface area contributed by atoms with Crippen molar-refractivity contribution < 1.29 is 9.59 Å². The zero-order chi connectivity index (χ0) is 10.4. The lowest BCUT2D eigenvalue weighted by Gasteiger charge is -2.13. The highest BCUT2D eigenvalue weighted by Crippen LogP contribution is 2.31. The minimum atomic E-state index is -0.197. The summed E-state index contributed by atoms with van der Waals surface area (Å²) in [4.78, 5) is 26.9. The summed E-state index contributed by atoms with van der Waals surface area (Å²) in [5, 5.41) is 3.71. The Morgan fingerprint density at radius 1 is 1.40 bits per heavy atom. The van der Waals surface area contributed by atoms with Gasteiger partial charge in [0.25, 0.3) is 5.91 Å². The molecule has 0 bridgehead atoms. The molecule has 5 heteroatoms. The van der Waals surface area contributed by atoms with Crippen molar-refractivity contribution in [2.24, 2.45) is 0 Å². The Balaban J connectivity index is 1.99. The number of amides is 3. The minimum absolute atomic E-state index is 0.0594. The first-order valence-electron chi connectivity index (χ1n) is 4.96. The maximum Gasteiger partial charge on any atom is 0.332 e. The zero-order valence-electron chi connectivity index (χ0n) is 8.05. The van der Waals surface area contributed by atoms with E-state index in [2.05, 4.69) is 0 Å². The van der Waals surface area contributed by atoms with Crippen LogP contribution < -0.4 is 4.90 Å². The maximum atomic E-state index is 12.0. The van der Waals surface area contributed by atoms with Gasteiger partial charge in [-0.3, -0.25) is 4.79 Å². The quantitative estimate of drug-likeness (QED) is 0.678. The lowest BCUT2D eigenvalue weighted by molar-refractivity contribution is -0.119. The zero-order valence-corrected chi connectivity index (χ0v) is 8.87. The van der Waals surface area contributed by atoms with E-state index in [4.69, 9.17) is 0 Å². The van der Waals surface area contributed by atoms with E-state index in [1.165, 1.54) is 16.2 Å². The molecule has 3 rings (SSSR count). The second kappa shape index (κ2) is 3.06. The van der Waals surface area contributed by atoms with Gasteiger partial charge in [0.15, 0.2) is 0 Å². The highest BCUT2D eigenvalue weighted by molar-refractivity contribution is 7.08. The molecule has 2 aliphatic heterocycles. The van der Waals surface area contributed by atoms with Gasteiger partial charge in [-0.05, 0) is 24.3 Å². The van der Waals surface area contributed by atoms with Crippen LogP contribution in [0.2, 0.25) is 0 Å². The van der Waals surface area contributed by atoms with E-state index in [1.807, 2.05) is 16.8 Å². The Labute approximate surface area is 91.1 Å². The van der Waals surface area contributed by atoms with E-state index in [9.17, 15) is 9.59 Å². The predicted octanol–water partition coefficient (Wildman–Crippen LogP) is 1.68. The summed E-state index contributed by atoms with van der Waals surface area (Å²) in [5.74, 6) is -0.0594. The van der Waals surface area contributed by atoms with E-state index >= 15 is 0 Å². The summed E-state index contributed by atoms with van der Waals surface area (Å²) in [6.07, 6.45) is 1.75. The Bertz CT molecular complexity index is 393. The first kappa shape index (κ1) is 8.91. The molecule has 15 heavy (non-hydrogen) atoms. The molecule has 3 heterocycles. The molecule has 1 atom stereocenters. The van der Waals surface area contributed by atoms with Crippen LogP contribution in [0.15, 0.2) is 16.8 Å². The van der Waals surface area contributed by atoms with Crippen molar-refractivity contribution in [3.8, 4) is 0 Å². The van der Waals surface area contributed by atoms with Crippen molar-refractivity contribution in [1.82, 2.24) is 4.90 Å². The Morgan fingerprint density at radius 2 is 2.27 bits per heavy atom. The number of thiophene rings is 1. The Kier molecular flexibility index (Phi) is 1.82. The molecule has 1 aromatic rings. The molecule has 0 saturated carbocycles. The van der Waals surface area contributed by atoms with Gasteiger partial charge in [0, 0.05) is 11.9 Å². The third-order valence-corrected chi connectivity index (χ3v) is 3.63. The molecule has 2 aliphatic rings. The minimum Gasteiger partial charge on any atom is -0.312 e. The molecule has 78 valence electrons. The molecule has 0 radical (unpaired) electrons. The Morgan fingerprint density at radius 3 is 2.93 bits per heavy atom. The molecular weight excluding hydrogens is 212 g/mol. The van der Waals surface area contributed by atoms with Crippen LogP contribution in [0.5, 0.6) is 0 Å². The van der Waals surface area contributed by atoms with Crippen molar-refractivity contribution >= 4 is 29.0 Å². The van der Waals surface area contributed by atoms with Crippen LogP contribution in [0.1, 0.15) is 12.8 Å². The average molecular weight is 222 g/mol. The van der Waals surface area contributed by atoms with Gasteiger partial charge in [0.1, 0.15) is 6.04 Å². The van der Waals surface area contributed by atoms with Crippen LogP contribution in [-0.2, 0) is 4.79 Å². The third kappa shape index (κ3) is 1.13. The lowest BCUT2D eigenvalue weighted by atomic mass is 10.2. The molecule has 1 aromatic heterocycles. The number of imide groups is 1. The number of urea groups is 1. The molecule has 2 fully saturated rings. The molecule has 1 unspecified atom stereocenters. The van der Waals surface area contributed by atoms with Crippen molar-refractivity contribution in [2.45, 2.75) is 18.9 Å². The topological polar surface area (TPSA) is 40.6 Å². The fraction of sp³-hybridized carbons (Fsp3) is 0.400. The molecule has 2 saturated heterocycles. The number of carbonyl (C=O) groups excluding carboxylic acids is 2. The average Bonchev–Trinajstić information content (AvgIpc) is 2.89. The third-order valence-electron chi connectivity index (χ3n) is 2.96. The smallest absolute Gasteiger partial charge is 0.312 e. The van der Waals surface area contributed by atoms with Crippen LogP contribution >= 0.6 is 11.3 Å². The van der Waals surface area contributed by atoms with Crippen molar-refractivity contribution in [2.75, 3.05) is 11.4 Å². The normalized spacial score (nSPS) is 25.2. The van der Waals surface area contributed by atoms with Gasteiger partial charge < -0.3 is 4.90 Å². The second-order valence-corrected chi connectivity index (χ2v) is 4.57. The SMILES string of the molecule is O=C1C2CCCN2C(=O)N1c1ccsc1. The van der Waals surface area contributed by atoms with Gasteiger partial charge in [-0.1, -0.05) is 0 Å². The number of hydrogen-bond acceptors (Lipinski definition) is 3. The molecule has 0 aromatic carbocycles. The Hall–Kier alpha value is -1.36. The van der Waals surface area contributed by atoms with Crippen LogP contribution in [0.4, 0.5) is 10.5 Å². The van der Waals surface area contributed by atoms with Gasteiger partial charge >= 0.3 is 6.03 Å². The van der Waals surface area contributed by atoms with Gasteiger partial charge in [-0.15, -0.1) is 0 Å². The van der Waals surface area contributed by atoms with Crippen LogP contribution in [-0.4, -0.2) is 29.4 Å². The standard InChI is InChI=1S/C10H10N2O2S/c13-9-8-2-1-4-11(8)10(14)12(9)7-3-5-15-6-7/h3,5-6,8H,1-2,4H2. The number of hydrogen-bond donors (Lipinski definition) is 0. The van der Waals surface area contributed by atoms with Gasteiger partial charge in [-0.2, -0.15) is 11.3 Å². The summed E-state index contributed by atoms with van der Waals surface area (Å²) >= 11 is 1.49. The number of anilines is 1. The van der Waals surface area contributed by atoms with Gasteiger partial charge in [0.2, 0.25) is 0 Å². The molecule has 0 N–H and O–H groups in total. The molecule has 3 amide bonds. The monoisotopic (exact) mass is 222 g/mol. The first-order valence-corrected chi connectivity index (χ1v) is 5.90. The predicted molar refractivity (Wildman–Crippen MR) is 56.9 cm³/mol. The van der Waals surface area contributed by atoms with Crippen LogP contribution in [0.25, 0.3) is 0 Å². The highest BCUT2D eigenvalue weighted by Gasteiger charge is 2.47. The fourth-order valence-electron chi connectivity index (χ4n) is 2.25. The number of nitrogens with zero attached hydrogens (tertiary/aromatic N) is 2. The van der Waals surface area contributed by atoms with Crippen LogP contribution in [0, 0.1) is 0 Å². The number of rotatable bonds is 1. The highest BCUT2D eigenvalue weighted by atomic mass is 32.1. The largest absolute Gasteiger partial charge is 0.332 e. The number of carbonyl (C=O) groups is 2. The summed E-state index contributed by atoms with van der Waals surface area (Å²) in [6.45, 7) is 0.718. The summed E-state index contributed by atoms with van der Waals surface area (Å²) in [6, 6.07) is 1.46. The summed E-state index contributed by atoms with van der Waals surface area (Å²) in [7, 11) is 0. The maximum absolute atomic E-state index is 12.0.